The highest BCUT2D eigenvalue weighted by atomic mass is 16.1. The van der Waals surface area contributed by atoms with Gasteiger partial charge in [-0.15, -0.1) is 0 Å². The molecule has 0 heterocycles. The molecule has 0 bridgehead atoms. The Bertz CT molecular complexity index is 466. The van der Waals surface area contributed by atoms with Gasteiger partial charge in [-0.05, 0) is 18.3 Å². The van der Waals surface area contributed by atoms with Gasteiger partial charge in [0.25, 0.3) is 0 Å². The normalized spacial score (nSPS) is 12.7. The fourth-order valence-electron chi connectivity index (χ4n) is 5.48. The van der Waals surface area contributed by atoms with Crippen molar-refractivity contribution in [2.24, 2.45) is 5.41 Å². The molecule has 0 fully saturated rings. The van der Waals surface area contributed by atoms with E-state index in [2.05, 4.69) is 39.9 Å². The van der Waals surface area contributed by atoms with E-state index in [1.165, 1.54) is 154 Å². The van der Waals surface area contributed by atoms with Crippen molar-refractivity contribution in [1.29, 1.82) is 0 Å². The first-order valence-electron chi connectivity index (χ1n) is 17.2. The molecule has 0 aliphatic rings. The molecule has 222 valence electrons. The van der Waals surface area contributed by atoms with Crippen LogP contribution in [0.4, 0.5) is 0 Å². The summed E-state index contributed by atoms with van der Waals surface area (Å²) in [4.78, 5) is 12.6. The summed E-state index contributed by atoms with van der Waals surface area (Å²) in [5.41, 5.74) is 0.142. The smallest absolute Gasteiger partial charge is 0.220 e. The zero-order chi connectivity index (χ0) is 27.5. The molecule has 2 nitrogen and oxygen atoms in total. The minimum absolute atomic E-state index is 0.142. The molecule has 0 saturated heterocycles. The van der Waals surface area contributed by atoms with Crippen LogP contribution < -0.4 is 5.32 Å². The van der Waals surface area contributed by atoms with E-state index in [-0.39, 0.29) is 11.3 Å². The average molecular weight is 522 g/mol. The lowest BCUT2D eigenvalue weighted by molar-refractivity contribution is -0.122. The maximum atomic E-state index is 12.6. The van der Waals surface area contributed by atoms with Crippen molar-refractivity contribution in [3.05, 3.63) is 0 Å². The first-order chi connectivity index (χ1) is 17.9. The summed E-state index contributed by atoms with van der Waals surface area (Å²) in [6, 6.07) is 0.310. The van der Waals surface area contributed by atoms with Crippen molar-refractivity contribution in [1.82, 2.24) is 5.32 Å². The summed E-state index contributed by atoms with van der Waals surface area (Å²) in [5, 5.41) is 3.40. The van der Waals surface area contributed by atoms with Crippen molar-refractivity contribution in [2.45, 2.75) is 214 Å². The van der Waals surface area contributed by atoms with Gasteiger partial charge in [0, 0.05) is 12.5 Å². The molecule has 0 aromatic heterocycles. The molecule has 0 aromatic carbocycles. The molecule has 1 amide bonds. The number of amides is 1. The standard InChI is InChI=1S/C35H71NO/c1-6-8-10-12-14-16-18-19-20-22-23-25-27-29-31-33(35(3,4)5)36-34(37)32-30-28-26-24-21-17-15-13-11-9-7-2/h33H,6-32H2,1-5H3,(H,36,37). The van der Waals surface area contributed by atoms with Crippen LogP contribution in [0.5, 0.6) is 0 Å². The molecular formula is C35H71NO. The highest BCUT2D eigenvalue weighted by molar-refractivity contribution is 5.76. The molecule has 1 atom stereocenters. The number of nitrogens with one attached hydrogen (secondary N) is 1. The highest BCUT2D eigenvalue weighted by Gasteiger charge is 2.25. The fourth-order valence-corrected chi connectivity index (χ4v) is 5.48. The van der Waals surface area contributed by atoms with E-state index in [4.69, 9.17) is 0 Å². The second-order valence-corrected chi connectivity index (χ2v) is 13.2. The maximum Gasteiger partial charge on any atom is 0.220 e. The van der Waals surface area contributed by atoms with Crippen molar-refractivity contribution in [3.8, 4) is 0 Å². The Morgan fingerprint density at radius 2 is 0.784 bits per heavy atom. The molecule has 1 N–H and O–H groups in total. The third kappa shape index (κ3) is 26.8. The molecule has 0 aromatic rings. The second kappa shape index (κ2) is 27.1. The van der Waals surface area contributed by atoms with Gasteiger partial charge in [0.15, 0.2) is 0 Å². The fraction of sp³-hybridized carbons (Fsp3) is 0.971. The predicted molar refractivity (Wildman–Crippen MR) is 167 cm³/mol. The van der Waals surface area contributed by atoms with Crippen LogP contribution >= 0.6 is 0 Å². The number of carbonyl (C=O) groups excluding carboxylic acids is 1. The van der Waals surface area contributed by atoms with Crippen LogP contribution in [0.15, 0.2) is 0 Å². The molecule has 2 heteroatoms. The SMILES string of the molecule is CCCCCCCCCCCCCCCCC(NC(=O)CCCCCCCCCCCCC)C(C)(C)C. The minimum atomic E-state index is 0.142. The van der Waals surface area contributed by atoms with E-state index in [9.17, 15) is 4.79 Å². The predicted octanol–water partition coefficient (Wildman–Crippen LogP) is 12.1. The Labute approximate surface area is 235 Å². The Kier molecular flexibility index (Phi) is 26.7. The summed E-state index contributed by atoms with van der Waals surface area (Å²) in [7, 11) is 0. The van der Waals surface area contributed by atoms with Crippen molar-refractivity contribution >= 4 is 5.91 Å². The van der Waals surface area contributed by atoms with E-state index in [1.54, 1.807) is 0 Å². The van der Waals surface area contributed by atoms with Crippen LogP contribution in [0.3, 0.4) is 0 Å². The minimum Gasteiger partial charge on any atom is -0.353 e. The van der Waals surface area contributed by atoms with Gasteiger partial charge in [0.1, 0.15) is 0 Å². The van der Waals surface area contributed by atoms with E-state index in [0.29, 0.717) is 12.5 Å². The number of hydrogen-bond acceptors (Lipinski definition) is 1. The Morgan fingerprint density at radius 1 is 0.486 bits per heavy atom. The first-order valence-corrected chi connectivity index (χ1v) is 17.2. The van der Waals surface area contributed by atoms with Crippen molar-refractivity contribution in [3.63, 3.8) is 0 Å². The van der Waals surface area contributed by atoms with E-state index in [0.717, 1.165) is 12.8 Å². The van der Waals surface area contributed by atoms with Gasteiger partial charge in [-0.2, -0.15) is 0 Å². The molecule has 37 heavy (non-hydrogen) atoms. The molecule has 0 spiro atoms. The summed E-state index contributed by atoms with van der Waals surface area (Å²) in [6.45, 7) is 11.4. The van der Waals surface area contributed by atoms with Gasteiger partial charge < -0.3 is 5.32 Å². The molecule has 1 unspecified atom stereocenters. The summed E-state index contributed by atoms with van der Waals surface area (Å²) in [5.74, 6) is 0.279. The van der Waals surface area contributed by atoms with Crippen LogP contribution in [0.1, 0.15) is 208 Å². The van der Waals surface area contributed by atoms with Gasteiger partial charge in [-0.1, -0.05) is 189 Å². The van der Waals surface area contributed by atoms with Crippen LogP contribution in [0.2, 0.25) is 0 Å². The molecule has 0 aliphatic heterocycles. The monoisotopic (exact) mass is 522 g/mol. The van der Waals surface area contributed by atoms with Crippen molar-refractivity contribution < 1.29 is 4.79 Å². The third-order valence-electron chi connectivity index (χ3n) is 8.23. The van der Waals surface area contributed by atoms with E-state index in [1.807, 2.05) is 0 Å². The van der Waals surface area contributed by atoms with Gasteiger partial charge in [0.05, 0.1) is 0 Å². The third-order valence-corrected chi connectivity index (χ3v) is 8.23. The zero-order valence-electron chi connectivity index (χ0n) is 26.6. The summed E-state index contributed by atoms with van der Waals surface area (Å²) >= 11 is 0. The largest absolute Gasteiger partial charge is 0.353 e. The van der Waals surface area contributed by atoms with Crippen LogP contribution in [-0.2, 0) is 4.79 Å². The molecule has 0 rings (SSSR count). The molecular weight excluding hydrogens is 450 g/mol. The Morgan fingerprint density at radius 3 is 1.11 bits per heavy atom. The summed E-state index contributed by atoms with van der Waals surface area (Å²) < 4.78 is 0. The van der Waals surface area contributed by atoms with Gasteiger partial charge in [-0.25, -0.2) is 0 Å². The van der Waals surface area contributed by atoms with Gasteiger partial charge >= 0.3 is 0 Å². The molecule has 0 saturated carbocycles. The number of rotatable bonds is 28. The van der Waals surface area contributed by atoms with Crippen LogP contribution in [0.25, 0.3) is 0 Å². The molecule has 0 radical (unpaired) electrons. The maximum absolute atomic E-state index is 12.6. The van der Waals surface area contributed by atoms with Crippen molar-refractivity contribution in [2.75, 3.05) is 0 Å². The average Bonchev–Trinajstić information content (AvgIpc) is 2.86. The van der Waals surface area contributed by atoms with Gasteiger partial charge in [0.2, 0.25) is 5.91 Å². The Balaban J connectivity index is 3.69. The lowest BCUT2D eigenvalue weighted by atomic mass is 9.83. The topological polar surface area (TPSA) is 29.1 Å². The molecule has 0 aliphatic carbocycles. The second-order valence-electron chi connectivity index (χ2n) is 13.2. The quantitative estimate of drug-likeness (QED) is 0.102. The number of hydrogen-bond donors (Lipinski definition) is 1. The lowest BCUT2D eigenvalue weighted by Crippen LogP contribution is -2.43. The summed E-state index contributed by atoms with van der Waals surface area (Å²) in [6.07, 6.45) is 36.1. The van der Waals surface area contributed by atoms with Crippen LogP contribution in [0, 0.1) is 5.41 Å². The Hall–Kier alpha value is -0.530. The first kappa shape index (κ1) is 36.5. The number of unbranched alkanes of at least 4 members (excludes halogenated alkanes) is 23. The van der Waals surface area contributed by atoms with Gasteiger partial charge in [-0.3, -0.25) is 4.79 Å². The van der Waals surface area contributed by atoms with E-state index >= 15 is 0 Å². The van der Waals surface area contributed by atoms with Crippen LogP contribution in [-0.4, -0.2) is 11.9 Å². The van der Waals surface area contributed by atoms with E-state index < -0.39 is 0 Å². The zero-order valence-corrected chi connectivity index (χ0v) is 26.6. The lowest BCUT2D eigenvalue weighted by Gasteiger charge is -2.31. The number of carbonyl (C=O) groups is 1. The highest BCUT2D eigenvalue weighted by Crippen LogP contribution is 2.24.